The van der Waals surface area contributed by atoms with Crippen molar-refractivity contribution in [1.82, 2.24) is 14.6 Å². The van der Waals surface area contributed by atoms with Crippen LogP contribution in [-0.2, 0) is 10.0 Å². The lowest BCUT2D eigenvalue weighted by atomic mass is 10.1. The zero-order chi connectivity index (χ0) is 22.3. The highest BCUT2D eigenvalue weighted by Crippen LogP contribution is 2.19. The van der Waals surface area contributed by atoms with Crippen molar-refractivity contribution in [3.8, 4) is 0 Å². The van der Waals surface area contributed by atoms with Crippen LogP contribution in [0.4, 0.5) is 0 Å². The first-order valence-corrected chi connectivity index (χ1v) is 12.0. The molecule has 0 saturated heterocycles. The summed E-state index contributed by atoms with van der Waals surface area (Å²) in [7, 11) is -3.70. The number of nitrogens with zero attached hydrogens (tertiary/aromatic N) is 1. The molecule has 0 spiro atoms. The van der Waals surface area contributed by atoms with Gasteiger partial charge in [-0.25, -0.2) is 8.42 Å². The molecular weight excluding hydrogens is 404 g/mol. The van der Waals surface area contributed by atoms with Crippen LogP contribution in [0.3, 0.4) is 0 Å². The van der Waals surface area contributed by atoms with Gasteiger partial charge in [0.25, 0.3) is 5.91 Å². The Hall–Kier alpha value is -2.23. The second-order valence-electron chi connectivity index (χ2n) is 7.14. The van der Waals surface area contributed by atoms with Gasteiger partial charge in [0.15, 0.2) is 0 Å². The van der Waals surface area contributed by atoms with Gasteiger partial charge in [-0.1, -0.05) is 13.8 Å². The standard InChI is InChI=1S/C21H32N4O4S/c1-5-24(6-2)13-9-12-22-21(27)18-15-23-19-11-10-16(14-17(19)20(18)26)30(28,29)25(7-3)8-4/h10-11,14-15H,5-9,12-13H2,1-4H3,(H,22,27)(H,23,26)/p+1. The molecule has 0 aliphatic rings. The van der Waals surface area contributed by atoms with Crippen LogP contribution in [0.5, 0.6) is 0 Å². The highest BCUT2D eigenvalue weighted by molar-refractivity contribution is 7.89. The minimum Gasteiger partial charge on any atom is -0.360 e. The van der Waals surface area contributed by atoms with Crippen LogP contribution in [0.15, 0.2) is 34.1 Å². The number of aromatic nitrogens is 1. The molecule has 0 aliphatic carbocycles. The van der Waals surface area contributed by atoms with E-state index < -0.39 is 21.4 Å². The molecule has 1 amide bonds. The normalized spacial score (nSPS) is 12.1. The van der Waals surface area contributed by atoms with Gasteiger partial charge in [0, 0.05) is 43.2 Å². The Balaban J connectivity index is 2.26. The number of rotatable bonds is 11. The van der Waals surface area contributed by atoms with Crippen LogP contribution >= 0.6 is 0 Å². The maximum Gasteiger partial charge on any atom is 0.256 e. The topological polar surface area (TPSA) is 104 Å². The summed E-state index contributed by atoms with van der Waals surface area (Å²) in [6.07, 6.45) is 2.20. The molecule has 2 aromatic rings. The van der Waals surface area contributed by atoms with Crippen LogP contribution in [0.2, 0.25) is 0 Å². The lowest BCUT2D eigenvalue weighted by Gasteiger charge is -2.18. The molecule has 0 atom stereocenters. The largest absolute Gasteiger partial charge is 0.360 e. The molecule has 1 aromatic carbocycles. The Morgan fingerprint density at radius 1 is 1.13 bits per heavy atom. The van der Waals surface area contributed by atoms with Crippen molar-refractivity contribution >= 4 is 26.8 Å². The molecular formula is C21H33N4O4S+. The lowest BCUT2D eigenvalue weighted by Crippen LogP contribution is -3.11. The molecule has 0 fully saturated rings. The van der Waals surface area contributed by atoms with Crippen LogP contribution in [0.25, 0.3) is 10.9 Å². The van der Waals surface area contributed by atoms with Gasteiger partial charge >= 0.3 is 0 Å². The van der Waals surface area contributed by atoms with Crippen molar-refractivity contribution in [2.24, 2.45) is 0 Å². The fourth-order valence-electron chi connectivity index (χ4n) is 3.48. The fourth-order valence-corrected chi connectivity index (χ4v) is 4.96. The predicted octanol–water partition coefficient (Wildman–Crippen LogP) is 0.603. The number of fused-ring (bicyclic) bond motifs is 1. The molecule has 0 unspecified atom stereocenters. The molecule has 9 heteroatoms. The van der Waals surface area contributed by atoms with Gasteiger partial charge in [-0.2, -0.15) is 4.31 Å². The third-order valence-corrected chi connectivity index (χ3v) is 7.48. The minimum atomic E-state index is -3.70. The number of carbonyl (C=O) groups excluding carboxylic acids is 1. The van der Waals surface area contributed by atoms with Crippen LogP contribution in [-0.4, -0.2) is 62.9 Å². The molecule has 0 radical (unpaired) electrons. The first kappa shape index (κ1) is 24.0. The maximum atomic E-state index is 12.9. The summed E-state index contributed by atoms with van der Waals surface area (Å²) in [5.74, 6) is -0.454. The number of benzene rings is 1. The lowest BCUT2D eigenvalue weighted by molar-refractivity contribution is -0.896. The van der Waals surface area contributed by atoms with E-state index in [0.717, 1.165) is 26.1 Å². The number of aromatic amines is 1. The van der Waals surface area contributed by atoms with Gasteiger partial charge in [-0.05, 0) is 32.0 Å². The summed E-state index contributed by atoms with van der Waals surface area (Å²) < 4.78 is 26.9. The molecule has 166 valence electrons. The van der Waals surface area contributed by atoms with Gasteiger partial charge in [0.05, 0.1) is 24.5 Å². The Morgan fingerprint density at radius 3 is 2.40 bits per heavy atom. The monoisotopic (exact) mass is 437 g/mol. The van der Waals surface area contributed by atoms with Gasteiger partial charge < -0.3 is 15.2 Å². The van der Waals surface area contributed by atoms with E-state index in [-0.39, 0.29) is 15.8 Å². The maximum absolute atomic E-state index is 12.9. The number of pyridine rings is 1. The third-order valence-electron chi connectivity index (χ3n) is 5.43. The van der Waals surface area contributed by atoms with E-state index >= 15 is 0 Å². The first-order valence-electron chi connectivity index (χ1n) is 10.6. The zero-order valence-corrected chi connectivity index (χ0v) is 19.1. The molecule has 0 aliphatic heterocycles. The highest BCUT2D eigenvalue weighted by Gasteiger charge is 2.23. The number of amides is 1. The van der Waals surface area contributed by atoms with E-state index in [1.807, 2.05) is 0 Å². The van der Waals surface area contributed by atoms with E-state index in [9.17, 15) is 18.0 Å². The summed E-state index contributed by atoms with van der Waals surface area (Å²) in [5, 5.41) is 2.97. The molecule has 2 rings (SSSR count). The summed E-state index contributed by atoms with van der Waals surface area (Å²) in [6, 6.07) is 4.38. The number of hydrogen-bond donors (Lipinski definition) is 3. The van der Waals surface area contributed by atoms with Crippen molar-refractivity contribution in [3.63, 3.8) is 0 Å². The van der Waals surface area contributed by atoms with Crippen molar-refractivity contribution in [2.45, 2.75) is 39.0 Å². The summed E-state index contributed by atoms with van der Waals surface area (Å²) in [4.78, 5) is 29.8. The zero-order valence-electron chi connectivity index (χ0n) is 18.2. The van der Waals surface area contributed by atoms with E-state index in [4.69, 9.17) is 0 Å². The molecule has 30 heavy (non-hydrogen) atoms. The number of nitrogens with one attached hydrogen (secondary N) is 3. The molecule has 1 heterocycles. The average molecular weight is 438 g/mol. The quantitative estimate of drug-likeness (QED) is 0.448. The average Bonchev–Trinajstić information content (AvgIpc) is 2.74. The minimum absolute atomic E-state index is 0.0185. The van der Waals surface area contributed by atoms with Gasteiger partial charge in [0.1, 0.15) is 5.56 Å². The van der Waals surface area contributed by atoms with E-state index in [2.05, 4.69) is 24.1 Å². The van der Waals surface area contributed by atoms with Crippen molar-refractivity contribution in [2.75, 3.05) is 39.3 Å². The van der Waals surface area contributed by atoms with E-state index in [1.165, 1.54) is 27.5 Å². The number of carbonyl (C=O) groups is 1. The Bertz CT molecular complexity index is 1020. The SMILES string of the molecule is CCN(CC)S(=O)(=O)c1ccc2[nH]cc(C(=O)NCCC[NH+](CC)CC)c(=O)c2c1. The van der Waals surface area contributed by atoms with Gasteiger partial charge in [0.2, 0.25) is 15.5 Å². The second-order valence-corrected chi connectivity index (χ2v) is 9.08. The number of sulfonamides is 1. The molecule has 8 nitrogen and oxygen atoms in total. The van der Waals surface area contributed by atoms with Gasteiger partial charge in [-0.3, -0.25) is 9.59 Å². The molecule has 3 N–H and O–H groups in total. The first-order chi connectivity index (χ1) is 14.3. The predicted molar refractivity (Wildman–Crippen MR) is 119 cm³/mol. The summed E-state index contributed by atoms with van der Waals surface area (Å²) in [6.45, 7) is 12.0. The van der Waals surface area contributed by atoms with Crippen LogP contribution < -0.4 is 15.6 Å². The Kier molecular flexibility index (Phi) is 8.57. The highest BCUT2D eigenvalue weighted by atomic mass is 32.2. The Labute approximate surface area is 178 Å². The Morgan fingerprint density at radius 2 is 1.80 bits per heavy atom. The molecule has 1 aromatic heterocycles. The number of quaternary nitrogens is 1. The van der Waals surface area contributed by atoms with Gasteiger partial charge in [-0.15, -0.1) is 0 Å². The van der Waals surface area contributed by atoms with Crippen LogP contribution in [0.1, 0.15) is 44.5 Å². The van der Waals surface area contributed by atoms with E-state index in [1.54, 1.807) is 19.9 Å². The molecule has 0 bridgehead atoms. The van der Waals surface area contributed by atoms with Crippen molar-refractivity contribution in [1.29, 1.82) is 0 Å². The second kappa shape index (κ2) is 10.7. The number of H-pyrrole nitrogens is 1. The third kappa shape index (κ3) is 5.27. The van der Waals surface area contributed by atoms with Crippen molar-refractivity contribution < 1.29 is 18.1 Å². The smallest absolute Gasteiger partial charge is 0.256 e. The fraction of sp³-hybridized carbons (Fsp3) is 0.524. The van der Waals surface area contributed by atoms with Crippen molar-refractivity contribution in [3.05, 3.63) is 40.2 Å². The summed E-state index contributed by atoms with van der Waals surface area (Å²) >= 11 is 0. The molecule has 0 saturated carbocycles. The van der Waals surface area contributed by atoms with Crippen LogP contribution in [0, 0.1) is 0 Å². The van der Waals surface area contributed by atoms with E-state index in [0.29, 0.717) is 25.2 Å². The number of hydrogen-bond acceptors (Lipinski definition) is 4. The summed E-state index contributed by atoms with van der Waals surface area (Å²) in [5.41, 5.74) is -0.0116.